The van der Waals surface area contributed by atoms with Crippen LogP contribution in [0, 0.1) is 0 Å². The Balaban J connectivity index is 1.63. The number of ether oxygens (including phenoxy) is 8. The van der Waals surface area contributed by atoms with E-state index in [1.54, 1.807) is 121 Å². The molecule has 5 rings (SSSR count). The van der Waals surface area contributed by atoms with Gasteiger partial charge in [-0.05, 0) is 35.1 Å². The molecule has 0 radical (unpaired) electrons. The minimum absolute atomic E-state index is 0.0616. The van der Waals surface area contributed by atoms with Gasteiger partial charge in [0, 0.05) is 41.3 Å². The van der Waals surface area contributed by atoms with Gasteiger partial charge in [0.2, 0.25) is 0 Å². The van der Waals surface area contributed by atoms with Gasteiger partial charge in [0.25, 0.3) is 0 Å². The fourth-order valence-electron chi connectivity index (χ4n) is 8.71. The van der Waals surface area contributed by atoms with Gasteiger partial charge in [0.05, 0.1) is 33.0 Å². The molecule has 0 N–H and O–H groups in total. The summed E-state index contributed by atoms with van der Waals surface area (Å²) in [5.74, 6) is -1.12. The second-order valence-corrected chi connectivity index (χ2v) is 24.8. The normalized spacial score (nSPS) is 19.3. The van der Waals surface area contributed by atoms with Crippen molar-refractivity contribution >= 4 is 35.4 Å². The van der Waals surface area contributed by atoms with E-state index < -0.39 is 112 Å². The Morgan fingerprint density at radius 1 is 0.400 bits per heavy atom. The first-order valence-electron chi connectivity index (χ1n) is 28.7. The van der Waals surface area contributed by atoms with Crippen molar-refractivity contribution in [1.82, 2.24) is 0 Å². The minimum Gasteiger partial charge on any atom is -0.462 e. The molecule has 0 aliphatic heterocycles. The first kappa shape index (κ1) is 71.7. The van der Waals surface area contributed by atoms with Crippen molar-refractivity contribution in [2.24, 2.45) is 0 Å². The maximum Gasteiger partial charge on any atom is 0.475 e. The van der Waals surface area contributed by atoms with Crippen molar-refractivity contribution in [1.29, 1.82) is 0 Å². The molecule has 474 valence electrons. The lowest BCUT2D eigenvalue weighted by atomic mass is 9.84. The maximum absolute atomic E-state index is 15.7. The van der Waals surface area contributed by atoms with Crippen molar-refractivity contribution in [3.8, 4) is 0 Å². The van der Waals surface area contributed by atoms with Crippen LogP contribution in [0.25, 0.3) is 0 Å². The van der Waals surface area contributed by atoms with E-state index in [1.165, 1.54) is 21.3 Å². The monoisotopic (exact) mass is 1250 g/mol. The van der Waals surface area contributed by atoms with Crippen molar-refractivity contribution in [3.05, 3.63) is 144 Å². The van der Waals surface area contributed by atoms with Crippen LogP contribution < -0.4 is 0 Å². The zero-order valence-electron chi connectivity index (χ0n) is 49.8. The molecular formula is C60H87O22P3. The van der Waals surface area contributed by atoms with Gasteiger partial charge >= 0.3 is 35.4 Å². The van der Waals surface area contributed by atoms with Gasteiger partial charge in [-0.15, -0.1) is 0 Å². The average molecular weight is 1250 g/mol. The van der Waals surface area contributed by atoms with Crippen LogP contribution in [0.5, 0.6) is 0 Å². The summed E-state index contributed by atoms with van der Waals surface area (Å²) in [6, 6.07) is 35.2. The molecular weight excluding hydrogens is 1170 g/mol. The molecule has 0 spiro atoms. The molecule has 0 heterocycles. The number of phosphoric acid groups is 3. The highest BCUT2D eigenvalue weighted by atomic mass is 31.2. The second-order valence-electron chi connectivity index (χ2n) is 19.8. The van der Waals surface area contributed by atoms with Gasteiger partial charge in [-0.1, -0.05) is 187 Å². The molecule has 85 heavy (non-hydrogen) atoms. The van der Waals surface area contributed by atoms with Crippen LogP contribution in [0.3, 0.4) is 0 Å². The van der Waals surface area contributed by atoms with Crippen LogP contribution in [0.15, 0.2) is 121 Å². The van der Waals surface area contributed by atoms with E-state index in [9.17, 15) is 9.59 Å². The number of esters is 2. The van der Waals surface area contributed by atoms with Crippen molar-refractivity contribution in [2.45, 2.75) is 160 Å². The number of carbonyl (C=O) groups excluding carboxylic acids is 2. The topological polar surface area (TPSA) is 242 Å². The fourth-order valence-corrected chi connectivity index (χ4v) is 12.5. The summed E-state index contributed by atoms with van der Waals surface area (Å²) in [6.45, 7) is 0.233. The first-order chi connectivity index (χ1) is 41.3. The van der Waals surface area contributed by atoms with Crippen molar-refractivity contribution in [2.75, 3.05) is 62.0 Å². The largest absolute Gasteiger partial charge is 0.475 e. The number of unbranched alkanes of at least 4 members (excludes halogenated alkanes) is 8. The summed E-state index contributed by atoms with van der Waals surface area (Å²) in [5.41, 5.74) is 2.34. The predicted molar refractivity (Wildman–Crippen MR) is 313 cm³/mol. The highest BCUT2D eigenvalue weighted by Crippen LogP contribution is 2.60. The molecule has 1 fully saturated rings. The van der Waals surface area contributed by atoms with Crippen molar-refractivity contribution < 1.29 is 102 Å². The third-order valence-electron chi connectivity index (χ3n) is 13.1. The molecule has 1 saturated carbocycles. The summed E-state index contributed by atoms with van der Waals surface area (Å²) < 4.78 is 149. The Hall–Kier alpha value is -4.09. The summed E-state index contributed by atoms with van der Waals surface area (Å²) >= 11 is 0. The second kappa shape index (κ2) is 40.5. The van der Waals surface area contributed by atoms with E-state index in [1.807, 2.05) is 0 Å². The van der Waals surface area contributed by atoms with E-state index in [4.69, 9.17) is 78.6 Å². The van der Waals surface area contributed by atoms with Crippen LogP contribution in [0.1, 0.15) is 113 Å². The van der Waals surface area contributed by atoms with E-state index in [0.717, 1.165) is 58.5 Å². The lowest BCUT2D eigenvalue weighted by Crippen LogP contribution is -2.67. The molecule has 25 heteroatoms. The molecule has 8 atom stereocenters. The molecule has 4 aromatic rings. The van der Waals surface area contributed by atoms with Gasteiger partial charge in [0.1, 0.15) is 63.6 Å². The number of methoxy groups -OCH3 is 3. The Kier molecular flexibility index (Phi) is 34.1. The number of carbonyl (C=O) groups is 2. The highest BCUT2D eigenvalue weighted by Gasteiger charge is 2.61. The highest BCUT2D eigenvalue weighted by molar-refractivity contribution is 7.49. The molecule has 22 nitrogen and oxygen atoms in total. The van der Waals surface area contributed by atoms with Gasteiger partial charge in [-0.3, -0.25) is 50.3 Å². The van der Waals surface area contributed by atoms with Crippen LogP contribution in [-0.4, -0.2) is 117 Å². The molecule has 1 unspecified atom stereocenters. The van der Waals surface area contributed by atoms with Gasteiger partial charge in [-0.2, -0.15) is 0 Å². The third kappa shape index (κ3) is 26.7. The van der Waals surface area contributed by atoms with Crippen molar-refractivity contribution in [3.63, 3.8) is 0 Å². The third-order valence-corrected chi connectivity index (χ3v) is 17.3. The Morgan fingerprint density at radius 2 is 0.729 bits per heavy atom. The van der Waals surface area contributed by atoms with Gasteiger partial charge in [-0.25, -0.2) is 13.7 Å². The van der Waals surface area contributed by atoms with Crippen LogP contribution >= 0.6 is 23.5 Å². The first-order valence-corrected chi connectivity index (χ1v) is 33.1. The quantitative estimate of drug-likeness (QED) is 0.0173. The van der Waals surface area contributed by atoms with E-state index >= 15 is 13.7 Å². The average Bonchev–Trinajstić information content (AvgIpc) is 1.04. The Bertz CT molecular complexity index is 2480. The SMILES string of the molecule is CCCCCCCC(=O)OC[C@H](COP(=O)(OC)O[C@@H]1[C@H](OCOC)[C@H](OCOC)[C@@H](OP(=O)(OCc2ccccc2)OCc2ccccc2)[C@H](OP(=O)(OCc2ccccc2)OCc2ccccc2)[C@H]1OCOC)OC(=O)CCCCCCC. The van der Waals surface area contributed by atoms with Gasteiger partial charge < -0.3 is 37.9 Å². The minimum atomic E-state index is -4.99. The van der Waals surface area contributed by atoms with Crippen LogP contribution in [0.4, 0.5) is 0 Å². The molecule has 0 bridgehead atoms. The molecule has 4 aromatic carbocycles. The van der Waals surface area contributed by atoms with E-state index in [0.29, 0.717) is 35.1 Å². The van der Waals surface area contributed by atoms with Crippen LogP contribution in [0.2, 0.25) is 0 Å². The Morgan fingerprint density at radius 3 is 1.08 bits per heavy atom. The molecule has 0 aromatic heterocycles. The lowest BCUT2D eigenvalue weighted by Gasteiger charge is -2.49. The number of hydrogen-bond acceptors (Lipinski definition) is 22. The number of phosphoric ester groups is 3. The van der Waals surface area contributed by atoms with E-state index in [2.05, 4.69) is 13.8 Å². The molecule has 0 saturated heterocycles. The number of hydrogen-bond donors (Lipinski definition) is 0. The zero-order chi connectivity index (χ0) is 61.0. The molecule has 1 aliphatic carbocycles. The standard InChI is InChI=1S/C60H87O22P3/c1-7-9-11-13-27-37-53(61)70-43-52(79-54(62)38-28-14-12-10-8-2)44-78-83(63,69-6)80-58-55(71-45-66-3)56(72-46-67-4)59(81-84(64,74-39-48-29-19-15-20-30-48)75-40-49-31-21-16-22-32-49)60(57(58)73-47-68-5)82-85(65,76-41-50-33-23-17-24-34-50)77-42-51-35-25-18-26-36-51/h15-26,29-36,52,55-60H,7-14,27-28,37-47H2,1-6H3/t52-,55-,56+,57+,58-,59-,60-,83?/m1/s1. The summed E-state index contributed by atoms with van der Waals surface area (Å²) in [4.78, 5) is 26.4. The van der Waals surface area contributed by atoms with E-state index in [-0.39, 0.29) is 39.3 Å². The maximum atomic E-state index is 15.7. The summed E-state index contributed by atoms with van der Waals surface area (Å²) in [6.07, 6.45) is -2.94. The zero-order valence-corrected chi connectivity index (χ0v) is 52.4. The van der Waals surface area contributed by atoms with Crippen LogP contribution in [-0.2, 0) is 128 Å². The smallest absolute Gasteiger partial charge is 0.462 e. The van der Waals surface area contributed by atoms with Gasteiger partial charge in [0.15, 0.2) is 6.10 Å². The fraction of sp³-hybridized carbons (Fsp3) is 0.567. The lowest BCUT2D eigenvalue weighted by molar-refractivity contribution is -0.279. The number of benzene rings is 4. The summed E-state index contributed by atoms with van der Waals surface area (Å²) in [5, 5.41) is 0. The molecule has 0 amide bonds. The summed E-state index contributed by atoms with van der Waals surface area (Å²) in [7, 11) is -9.86. The predicted octanol–water partition coefficient (Wildman–Crippen LogP) is 13.2. The number of rotatable bonds is 46. The molecule has 1 aliphatic rings. The Labute approximate surface area is 501 Å².